The lowest BCUT2D eigenvalue weighted by Crippen LogP contribution is -2.36. The molecule has 6 aliphatic rings. The van der Waals surface area contributed by atoms with Crippen molar-refractivity contribution >= 4 is 59.3 Å². The van der Waals surface area contributed by atoms with Gasteiger partial charge in [-0.3, -0.25) is 14.4 Å². The maximum absolute atomic E-state index is 11.7. The molecule has 0 aromatic heterocycles. The number of nitrogens with two attached hydrogens (primary N) is 1. The van der Waals surface area contributed by atoms with Gasteiger partial charge < -0.3 is 41.9 Å². The molecule has 0 aliphatic carbocycles. The van der Waals surface area contributed by atoms with Crippen LogP contribution in [0.4, 0.5) is 9.59 Å². The number of hydrogen-bond donors (Lipinski definition) is 6. The predicted octanol–water partition coefficient (Wildman–Crippen LogP) is 1.16. The minimum Gasteiger partial charge on any atom is -0.381 e. The van der Waals surface area contributed by atoms with Crippen molar-refractivity contribution in [2.75, 3.05) is 37.8 Å². The molecule has 6 heterocycles. The Hall–Kier alpha value is -3.64. The fourth-order valence-electron chi connectivity index (χ4n) is 6.09. The number of hydroxylamine groups is 2. The highest BCUT2D eigenvalue weighted by atomic mass is 32.2. The number of carbonyl (C=O) groups excluding carboxylic acids is 6. The minimum absolute atomic E-state index is 0.0192. The van der Waals surface area contributed by atoms with Crippen LogP contribution in [0.1, 0.15) is 77.0 Å². The molecule has 0 radical (unpaired) electrons. The zero-order valence-electron chi connectivity index (χ0n) is 29.0. The van der Waals surface area contributed by atoms with Gasteiger partial charge in [-0.15, -0.1) is 17.9 Å². The lowest BCUT2D eigenvalue weighted by molar-refractivity contribution is -0.197. The van der Waals surface area contributed by atoms with Crippen LogP contribution in [0.15, 0.2) is 0 Å². The first-order chi connectivity index (χ1) is 24.7. The number of amides is 7. The Morgan fingerprint density at radius 1 is 0.824 bits per heavy atom. The predicted molar refractivity (Wildman–Crippen MR) is 195 cm³/mol. The van der Waals surface area contributed by atoms with Gasteiger partial charge >= 0.3 is 18.0 Å². The van der Waals surface area contributed by atoms with E-state index in [2.05, 4.69) is 44.8 Å². The third-order valence-electron chi connectivity index (χ3n) is 8.67. The van der Waals surface area contributed by atoms with E-state index in [-0.39, 0.29) is 61.4 Å². The summed E-state index contributed by atoms with van der Waals surface area (Å²) in [5.41, 5.74) is 4.79. The van der Waals surface area contributed by atoms with E-state index >= 15 is 0 Å². The Kier molecular flexibility index (Phi) is 18.9. The largest absolute Gasteiger partial charge is 0.381 e. The zero-order chi connectivity index (χ0) is 37.0. The molecular formula is C34H51N7O8S2. The number of fused-ring (bicyclic) bond motifs is 2. The molecule has 51 heavy (non-hydrogen) atoms. The molecule has 0 unspecified atom stereocenters. The molecule has 0 spiro atoms. The molecule has 17 heteroatoms. The Balaban J connectivity index is 0.000000224. The molecule has 6 saturated heterocycles. The first-order valence-electron chi connectivity index (χ1n) is 17.5. The summed E-state index contributed by atoms with van der Waals surface area (Å²) in [6.07, 6.45) is 18.5. The Labute approximate surface area is 308 Å². The monoisotopic (exact) mass is 749 g/mol. The number of thioether (sulfide) groups is 2. The van der Waals surface area contributed by atoms with Crippen molar-refractivity contribution < 1.29 is 38.3 Å². The van der Waals surface area contributed by atoms with Crippen molar-refractivity contribution in [2.24, 2.45) is 5.73 Å². The average molecular weight is 750 g/mol. The number of imide groups is 1. The summed E-state index contributed by atoms with van der Waals surface area (Å²) in [6.45, 7) is 2.65. The lowest BCUT2D eigenvalue weighted by atomic mass is 10.0. The SMILES string of the molecule is C#CCN.C#CCNC(=O)CCCC[C@@H]1SC[C@@H]2NC(=O)N[C@@H]21.C1CCOC1.O=C1N[C@H]2[C@H](CS[C@H]2CCCCC(=O)ON2C(=O)CCC2=O)N1. The van der Waals surface area contributed by atoms with E-state index < -0.39 is 17.8 Å². The summed E-state index contributed by atoms with van der Waals surface area (Å²) in [5.74, 6) is 5.03. The molecule has 0 aromatic carbocycles. The number of rotatable bonds is 12. The van der Waals surface area contributed by atoms with Crippen LogP contribution in [-0.4, -0.2) is 113 Å². The van der Waals surface area contributed by atoms with E-state index in [9.17, 15) is 28.8 Å². The number of urea groups is 2. The van der Waals surface area contributed by atoms with Crippen molar-refractivity contribution in [1.29, 1.82) is 0 Å². The van der Waals surface area contributed by atoms with Crippen LogP contribution < -0.4 is 32.3 Å². The molecule has 282 valence electrons. The topological polar surface area (TPSA) is 210 Å². The molecule has 15 nitrogen and oxygen atoms in total. The average Bonchev–Trinajstić information content (AvgIpc) is 3.98. The van der Waals surface area contributed by atoms with E-state index in [0.717, 1.165) is 56.8 Å². The van der Waals surface area contributed by atoms with Gasteiger partial charge in [0, 0.05) is 60.9 Å². The van der Waals surface area contributed by atoms with Crippen LogP contribution in [0, 0.1) is 24.7 Å². The van der Waals surface area contributed by atoms with Crippen molar-refractivity contribution in [3.8, 4) is 24.7 Å². The summed E-state index contributed by atoms with van der Waals surface area (Å²) in [5, 5.41) is 15.8. The quantitative estimate of drug-likeness (QED) is 0.0722. The van der Waals surface area contributed by atoms with Crippen LogP contribution in [0.25, 0.3) is 0 Å². The fourth-order valence-corrected chi connectivity index (χ4v) is 9.17. The van der Waals surface area contributed by atoms with Crippen LogP contribution in [0.2, 0.25) is 0 Å². The van der Waals surface area contributed by atoms with Gasteiger partial charge in [0.25, 0.3) is 11.8 Å². The van der Waals surface area contributed by atoms with E-state index in [0.29, 0.717) is 41.5 Å². The Morgan fingerprint density at radius 2 is 1.33 bits per heavy atom. The van der Waals surface area contributed by atoms with Crippen LogP contribution in [0.3, 0.4) is 0 Å². The summed E-state index contributed by atoms with van der Waals surface area (Å²) in [7, 11) is 0. The number of unbranched alkanes of at least 4 members (excludes halogenated alkanes) is 2. The molecule has 6 fully saturated rings. The highest BCUT2D eigenvalue weighted by Gasteiger charge is 2.43. The normalized spacial score (nSPS) is 26.5. The molecule has 6 atom stereocenters. The Bertz CT molecular complexity index is 1260. The molecular weight excluding hydrogens is 699 g/mol. The van der Waals surface area contributed by atoms with Gasteiger partial charge in [-0.1, -0.05) is 24.7 Å². The van der Waals surface area contributed by atoms with E-state index in [1.165, 1.54) is 12.8 Å². The van der Waals surface area contributed by atoms with Gasteiger partial charge in [-0.05, 0) is 38.5 Å². The third-order valence-corrected chi connectivity index (χ3v) is 11.7. The highest BCUT2D eigenvalue weighted by molar-refractivity contribution is 8.00. The van der Waals surface area contributed by atoms with Crippen molar-refractivity contribution in [3.05, 3.63) is 0 Å². The third kappa shape index (κ3) is 14.5. The lowest BCUT2D eigenvalue weighted by Gasteiger charge is -2.16. The molecule has 0 aromatic rings. The first-order valence-corrected chi connectivity index (χ1v) is 19.6. The van der Waals surface area contributed by atoms with Crippen LogP contribution in [-0.2, 0) is 28.8 Å². The molecule has 0 bridgehead atoms. The van der Waals surface area contributed by atoms with E-state index in [1.54, 1.807) is 0 Å². The van der Waals surface area contributed by atoms with Gasteiger partial charge in [0.1, 0.15) is 0 Å². The smallest absolute Gasteiger partial charge is 0.333 e. The van der Waals surface area contributed by atoms with Crippen LogP contribution >= 0.6 is 23.5 Å². The van der Waals surface area contributed by atoms with Gasteiger partial charge in [-0.2, -0.15) is 23.5 Å². The first kappa shape index (κ1) is 41.8. The maximum Gasteiger partial charge on any atom is 0.333 e. The zero-order valence-corrected chi connectivity index (χ0v) is 30.6. The number of nitrogens with zero attached hydrogens (tertiary/aromatic N) is 1. The molecule has 7 N–H and O–H groups in total. The number of nitrogens with one attached hydrogen (secondary N) is 5. The van der Waals surface area contributed by atoms with Gasteiger partial charge in [-0.25, -0.2) is 14.4 Å². The maximum atomic E-state index is 11.7. The summed E-state index contributed by atoms with van der Waals surface area (Å²) >= 11 is 3.74. The van der Waals surface area contributed by atoms with E-state index in [1.807, 2.05) is 23.5 Å². The fraction of sp³-hybridized carbons (Fsp3) is 0.706. The molecule has 6 aliphatic heterocycles. The summed E-state index contributed by atoms with van der Waals surface area (Å²) in [6, 6.07) is 0.755. The number of hydrogen-bond acceptors (Lipinski definition) is 11. The second-order valence-electron chi connectivity index (χ2n) is 12.5. The summed E-state index contributed by atoms with van der Waals surface area (Å²) < 4.78 is 4.94. The Morgan fingerprint density at radius 3 is 1.78 bits per heavy atom. The second-order valence-corrected chi connectivity index (χ2v) is 15.0. The molecule has 7 amide bonds. The number of ether oxygens (including phenoxy) is 1. The van der Waals surface area contributed by atoms with Gasteiger partial charge in [0.05, 0.1) is 37.3 Å². The molecule has 6 rings (SSSR count). The highest BCUT2D eigenvalue weighted by Crippen LogP contribution is 2.34. The second kappa shape index (κ2) is 23.0. The number of carbonyl (C=O) groups is 6. The van der Waals surface area contributed by atoms with Gasteiger partial charge in [0.2, 0.25) is 5.91 Å². The van der Waals surface area contributed by atoms with Crippen molar-refractivity contribution in [2.45, 2.75) is 112 Å². The summed E-state index contributed by atoms with van der Waals surface area (Å²) in [4.78, 5) is 73.0. The van der Waals surface area contributed by atoms with E-state index in [4.69, 9.17) is 21.7 Å². The standard InChI is InChI=1S/C14H19N3O5S.C13H19N3O2S.C4H8O.C3H5N/c18-10-5-6-11(19)17(10)22-12(20)4-2-1-3-9-13-8(7-23-9)15-14(21)16-13;1-2-7-14-11(17)6-4-3-5-10-12-9(8-19-10)15-13(18)16-12;1-2-4-5-3-1;1-2-3-4/h8-9,13H,1-7H2,(H2,15,16,21);1,9-10,12H,3-8H2,(H,14,17)(H2,15,16,18);1-4H2;1H,3-4H2/t8-,9-,13-;9-,10-,12-;;/m00../s1. The molecule has 0 saturated carbocycles. The van der Waals surface area contributed by atoms with Crippen molar-refractivity contribution in [1.82, 2.24) is 31.6 Å². The van der Waals surface area contributed by atoms with Gasteiger partial charge in [0.15, 0.2) is 0 Å². The minimum atomic E-state index is -0.554. The van der Waals surface area contributed by atoms with Crippen LogP contribution in [0.5, 0.6) is 0 Å². The van der Waals surface area contributed by atoms with Crippen molar-refractivity contribution in [3.63, 3.8) is 0 Å². The number of terminal acetylenes is 2.